The van der Waals surface area contributed by atoms with Gasteiger partial charge in [0, 0.05) is 0 Å². The number of halogens is 1. The van der Waals surface area contributed by atoms with Gasteiger partial charge in [-0.2, -0.15) is 0 Å². The van der Waals surface area contributed by atoms with Gasteiger partial charge < -0.3 is 14.8 Å². The molecule has 0 radical (unpaired) electrons. The number of methoxy groups -OCH3 is 1. The summed E-state index contributed by atoms with van der Waals surface area (Å²) in [6.45, 7) is 0. The predicted molar refractivity (Wildman–Crippen MR) is 91.0 cm³/mol. The monoisotopic (exact) mass is 328 g/mol. The summed E-state index contributed by atoms with van der Waals surface area (Å²) in [6, 6.07) is 10.3. The quantitative estimate of drug-likeness (QED) is 0.772. The van der Waals surface area contributed by atoms with Crippen molar-refractivity contribution in [3.8, 4) is 11.5 Å². The van der Waals surface area contributed by atoms with E-state index in [0.717, 1.165) is 0 Å². The van der Waals surface area contributed by atoms with Crippen molar-refractivity contribution in [2.45, 2.75) is 0 Å². The number of fused-ring (bicyclic) bond motifs is 1. The first kappa shape index (κ1) is 15.1. The van der Waals surface area contributed by atoms with Gasteiger partial charge in [-0.15, -0.1) is 0 Å². The Kier molecular flexibility index (Phi) is 4.04. The molecule has 0 fully saturated rings. The second kappa shape index (κ2) is 6.14. The molecular weight excluding hydrogens is 316 g/mol. The molecule has 2 N–H and O–H groups in total. The molecule has 116 valence electrons. The van der Waals surface area contributed by atoms with E-state index in [1.54, 1.807) is 42.5 Å². The van der Waals surface area contributed by atoms with Gasteiger partial charge in [0.15, 0.2) is 11.5 Å². The van der Waals surface area contributed by atoms with Gasteiger partial charge in [-0.3, -0.25) is 4.79 Å². The predicted octanol–water partition coefficient (Wildman–Crippen LogP) is 3.46. The Bertz CT molecular complexity index is 964. The van der Waals surface area contributed by atoms with E-state index in [1.807, 2.05) is 6.07 Å². The molecule has 1 aromatic heterocycles. The maximum absolute atomic E-state index is 12.0. The number of nitrogens with one attached hydrogen (secondary N) is 1. The zero-order valence-electron chi connectivity index (χ0n) is 12.2. The number of H-pyrrole nitrogens is 1. The first-order valence-corrected chi connectivity index (χ1v) is 7.20. The molecule has 0 aliphatic rings. The van der Waals surface area contributed by atoms with Crippen LogP contribution in [0, 0.1) is 0 Å². The van der Waals surface area contributed by atoms with Crippen molar-refractivity contribution in [3.63, 3.8) is 0 Å². The third-order valence-electron chi connectivity index (χ3n) is 3.34. The number of benzene rings is 2. The van der Waals surface area contributed by atoms with Gasteiger partial charge in [0.05, 0.1) is 23.0 Å². The summed E-state index contributed by atoms with van der Waals surface area (Å²) >= 11 is 5.95. The SMILES string of the molecule is COc1cc(C=Cc2nc3ccccc3c(=O)[nH]2)cc(Cl)c1O. The molecular formula is C17H13ClN2O3. The van der Waals surface area contributed by atoms with Gasteiger partial charge >= 0.3 is 0 Å². The Morgan fingerprint density at radius 2 is 2.04 bits per heavy atom. The Labute approximate surface area is 136 Å². The summed E-state index contributed by atoms with van der Waals surface area (Å²) in [5.74, 6) is 0.595. The van der Waals surface area contributed by atoms with Crippen LogP contribution in [-0.2, 0) is 0 Å². The van der Waals surface area contributed by atoms with Crippen LogP contribution in [0.4, 0.5) is 0 Å². The van der Waals surface area contributed by atoms with E-state index in [1.165, 1.54) is 7.11 Å². The minimum Gasteiger partial charge on any atom is -0.503 e. The molecule has 3 aromatic rings. The number of phenols is 1. The lowest BCUT2D eigenvalue weighted by Gasteiger charge is -2.06. The molecule has 2 aromatic carbocycles. The van der Waals surface area contributed by atoms with Crippen molar-refractivity contribution >= 4 is 34.7 Å². The standard InChI is InChI=1S/C17H13ClN2O3/c1-23-14-9-10(8-12(18)16(14)21)6-7-15-19-13-5-3-2-4-11(13)17(22)20-15/h2-9,21H,1H3,(H,19,20,22). The molecule has 23 heavy (non-hydrogen) atoms. The molecule has 3 rings (SSSR count). The van der Waals surface area contributed by atoms with Crippen LogP contribution >= 0.6 is 11.6 Å². The molecule has 0 unspecified atom stereocenters. The molecule has 0 bridgehead atoms. The highest BCUT2D eigenvalue weighted by Gasteiger charge is 2.07. The van der Waals surface area contributed by atoms with Crippen LogP contribution in [0.2, 0.25) is 5.02 Å². The van der Waals surface area contributed by atoms with E-state index in [9.17, 15) is 9.90 Å². The van der Waals surface area contributed by atoms with Crippen LogP contribution < -0.4 is 10.3 Å². The van der Waals surface area contributed by atoms with E-state index in [0.29, 0.717) is 22.3 Å². The molecule has 0 saturated carbocycles. The van der Waals surface area contributed by atoms with Crippen LogP contribution in [0.5, 0.6) is 11.5 Å². The molecule has 1 heterocycles. The molecule has 0 saturated heterocycles. The third kappa shape index (κ3) is 3.05. The number of hydrogen-bond donors (Lipinski definition) is 2. The van der Waals surface area contributed by atoms with Gasteiger partial charge in [0.1, 0.15) is 5.82 Å². The average Bonchev–Trinajstić information content (AvgIpc) is 2.56. The van der Waals surface area contributed by atoms with E-state index >= 15 is 0 Å². The maximum Gasteiger partial charge on any atom is 0.259 e. The summed E-state index contributed by atoms with van der Waals surface area (Å²) in [7, 11) is 1.45. The zero-order valence-corrected chi connectivity index (χ0v) is 13.0. The second-order valence-electron chi connectivity index (χ2n) is 4.86. The highest BCUT2D eigenvalue weighted by Crippen LogP contribution is 2.35. The largest absolute Gasteiger partial charge is 0.503 e. The molecule has 0 atom stereocenters. The normalized spacial score (nSPS) is 11.2. The molecule has 0 aliphatic carbocycles. The van der Waals surface area contributed by atoms with E-state index < -0.39 is 0 Å². The molecule has 0 spiro atoms. The number of phenolic OH excluding ortho intramolecular Hbond substituents is 1. The summed E-state index contributed by atoms with van der Waals surface area (Å²) in [5, 5.41) is 10.4. The van der Waals surface area contributed by atoms with Crippen molar-refractivity contribution < 1.29 is 9.84 Å². The van der Waals surface area contributed by atoms with Gasteiger partial charge in [0.2, 0.25) is 0 Å². The smallest absolute Gasteiger partial charge is 0.259 e. The lowest BCUT2D eigenvalue weighted by molar-refractivity contribution is 0.373. The number of aromatic amines is 1. The van der Waals surface area contributed by atoms with E-state index in [2.05, 4.69) is 9.97 Å². The summed E-state index contributed by atoms with van der Waals surface area (Å²) < 4.78 is 5.05. The Morgan fingerprint density at radius 3 is 2.83 bits per heavy atom. The highest BCUT2D eigenvalue weighted by molar-refractivity contribution is 6.32. The van der Waals surface area contributed by atoms with Crippen LogP contribution in [0.1, 0.15) is 11.4 Å². The van der Waals surface area contributed by atoms with Crippen LogP contribution in [0.25, 0.3) is 23.1 Å². The molecule has 0 aliphatic heterocycles. The minimum atomic E-state index is -0.198. The fourth-order valence-electron chi connectivity index (χ4n) is 2.20. The average molecular weight is 329 g/mol. The number of rotatable bonds is 3. The number of aromatic nitrogens is 2. The van der Waals surface area contributed by atoms with E-state index in [-0.39, 0.29) is 22.1 Å². The maximum atomic E-state index is 12.0. The second-order valence-corrected chi connectivity index (χ2v) is 5.26. The fraction of sp³-hybridized carbons (Fsp3) is 0.0588. The van der Waals surface area contributed by atoms with Crippen molar-refractivity contribution in [2.24, 2.45) is 0 Å². The van der Waals surface area contributed by atoms with Crippen LogP contribution in [0.15, 0.2) is 41.2 Å². The highest BCUT2D eigenvalue weighted by atomic mass is 35.5. The first-order chi connectivity index (χ1) is 11.1. The van der Waals surface area contributed by atoms with E-state index in [4.69, 9.17) is 16.3 Å². The molecule has 6 heteroatoms. The van der Waals surface area contributed by atoms with Crippen LogP contribution in [-0.4, -0.2) is 22.2 Å². The minimum absolute atomic E-state index is 0.108. The third-order valence-corrected chi connectivity index (χ3v) is 3.62. The Morgan fingerprint density at radius 1 is 1.26 bits per heavy atom. The lowest BCUT2D eigenvalue weighted by Crippen LogP contribution is -2.09. The fourth-order valence-corrected chi connectivity index (χ4v) is 2.42. The number of hydrogen-bond acceptors (Lipinski definition) is 4. The topological polar surface area (TPSA) is 75.2 Å². The Hall–Kier alpha value is -2.79. The lowest BCUT2D eigenvalue weighted by atomic mass is 10.2. The summed E-state index contributed by atoms with van der Waals surface area (Å²) in [4.78, 5) is 19.1. The number of aromatic hydroxyl groups is 1. The molecule has 0 amide bonds. The number of nitrogens with zero attached hydrogens (tertiary/aromatic N) is 1. The summed E-state index contributed by atoms with van der Waals surface area (Å²) in [5.41, 5.74) is 1.13. The zero-order chi connectivity index (χ0) is 16.4. The molecule has 5 nitrogen and oxygen atoms in total. The van der Waals surface area contributed by atoms with Crippen molar-refractivity contribution in [1.29, 1.82) is 0 Å². The van der Waals surface area contributed by atoms with Crippen molar-refractivity contribution in [3.05, 3.63) is 63.2 Å². The van der Waals surface area contributed by atoms with Gasteiger partial charge in [0.25, 0.3) is 5.56 Å². The van der Waals surface area contributed by atoms with Gasteiger partial charge in [-0.05, 0) is 35.9 Å². The number of ether oxygens (including phenoxy) is 1. The van der Waals surface area contributed by atoms with Gasteiger partial charge in [-0.1, -0.05) is 29.8 Å². The first-order valence-electron chi connectivity index (χ1n) is 6.82. The number of para-hydroxylation sites is 1. The Balaban J connectivity index is 2.00. The summed E-state index contributed by atoms with van der Waals surface area (Å²) in [6.07, 6.45) is 3.39. The van der Waals surface area contributed by atoms with Gasteiger partial charge in [-0.25, -0.2) is 4.98 Å². The van der Waals surface area contributed by atoms with Crippen LogP contribution in [0.3, 0.4) is 0 Å². The van der Waals surface area contributed by atoms with Crippen molar-refractivity contribution in [2.75, 3.05) is 7.11 Å². The van der Waals surface area contributed by atoms with Crippen molar-refractivity contribution in [1.82, 2.24) is 9.97 Å².